The third-order valence-corrected chi connectivity index (χ3v) is 2.18. The van der Waals surface area contributed by atoms with E-state index >= 15 is 0 Å². The number of amides is 1. The molecule has 1 heterocycles. The zero-order valence-electron chi connectivity index (χ0n) is 9.98. The number of ether oxygens (including phenoxy) is 2. The summed E-state index contributed by atoms with van der Waals surface area (Å²) in [4.78, 5) is 18.7. The summed E-state index contributed by atoms with van der Waals surface area (Å²) in [5, 5.41) is 2.95. The molecule has 0 aliphatic heterocycles. The van der Waals surface area contributed by atoms with Crippen LogP contribution in [0.4, 0.5) is 5.82 Å². The van der Waals surface area contributed by atoms with Crippen molar-refractivity contribution in [3.8, 4) is 0 Å². The van der Waals surface area contributed by atoms with Crippen molar-refractivity contribution in [2.24, 2.45) is 5.73 Å². The van der Waals surface area contributed by atoms with Crippen LogP contribution in [0.5, 0.6) is 0 Å². The molecule has 0 aliphatic rings. The number of carbonyl (C=O) groups is 1. The van der Waals surface area contributed by atoms with E-state index in [1.54, 1.807) is 7.11 Å². The summed E-state index contributed by atoms with van der Waals surface area (Å²) in [5.41, 5.74) is 5.38. The third kappa shape index (κ3) is 4.82. The molecule has 0 spiro atoms. The molecule has 18 heavy (non-hydrogen) atoms. The van der Waals surface area contributed by atoms with E-state index in [-0.39, 0.29) is 10.8 Å². The maximum absolute atomic E-state index is 11.1. The molecule has 3 N–H and O–H groups in total. The highest BCUT2D eigenvalue weighted by molar-refractivity contribution is 6.28. The number of carbonyl (C=O) groups excluding carboxylic acids is 1. The summed E-state index contributed by atoms with van der Waals surface area (Å²) in [6, 6.07) is 0. The number of hydrogen-bond donors (Lipinski definition) is 2. The zero-order valence-corrected chi connectivity index (χ0v) is 10.7. The summed E-state index contributed by atoms with van der Waals surface area (Å²) < 4.78 is 10.1. The Morgan fingerprint density at radius 2 is 2.28 bits per heavy atom. The molecule has 0 atom stereocenters. The second-order valence-electron chi connectivity index (χ2n) is 3.30. The number of anilines is 1. The van der Waals surface area contributed by atoms with Crippen LogP contribution in [0.3, 0.4) is 0 Å². The summed E-state index contributed by atoms with van der Waals surface area (Å²) in [6.45, 7) is 1.96. The number of methoxy groups -OCH3 is 1. The number of nitrogens with zero attached hydrogens (tertiary/aromatic N) is 2. The van der Waals surface area contributed by atoms with Crippen molar-refractivity contribution < 1.29 is 14.3 Å². The molecule has 0 unspecified atom stereocenters. The Morgan fingerprint density at radius 3 is 2.94 bits per heavy atom. The first kappa shape index (κ1) is 14.6. The third-order valence-electron chi connectivity index (χ3n) is 2.00. The number of halogens is 1. The van der Waals surface area contributed by atoms with Gasteiger partial charge in [-0.25, -0.2) is 4.98 Å². The smallest absolute Gasteiger partial charge is 0.254 e. The summed E-state index contributed by atoms with van der Waals surface area (Å²) in [6.07, 6.45) is 1.28. The van der Waals surface area contributed by atoms with Crippen molar-refractivity contribution in [3.63, 3.8) is 0 Å². The van der Waals surface area contributed by atoms with Gasteiger partial charge in [0.05, 0.1) is 25.4 Å². The molecule has 0 bridgehead atoms. The molecular weight excluding hydrogens is 260 g/mol. The molecule has 0 saturated heterocycles. The molecule has 1 rings (SSSR count). The van der Waals surface area contributed by atoms with Crippen molar-refractivity contribution >= 4 is 23.3 Å². The maximum atomic E-state index is 11.1. The van der Waals surface area contributed by atoms with Crippen LogP contribution in [0.1, 0.15) is 10.4 Å². The number of rotatable bonds is 8. The highest BCUT2D eigenvalue weighted by Crippen LogP contribution is 2.12. The minimum atomic E-state index is -0.616. The monoisotopic (exact) mass is 274 g/mol. The number of primary amides is 1. The van der Waals surface area contributed by atoms with Gasteiger partial charge in [0.15, 0.2) is 0 Å². The van der Waals surface area contributed by atoms with Crippen LogP contribution in [-0.4, -0.2) is 49.4 Å². The van der Waals surface area contributed by atoms with Crippen molar-refractivity contribution in [2.45, 2.75) is 0 Å². The van der Waals surface area contributed by atoms with Gasteiger partial charge in [0.25, 0.3) is 5.91 Å². The normalized spacial score (nSPS) is 10.3. The summed E-state index contributed by atoms with van der Waals surface area (Å²) >= 11 is 5.64. The van der Waals surface area contributed by atoms with Gasteiger partial charge in [0.2, 0.25) is 5.28 Å². The van der Waals surface area contributed by atoms with Gasteiger partial charge in [-0.3, -0.25) is 4.79 Å². The minimum Gasteiger partial charge on any atom is -0.382 e. The second kappa shape index (κ2) is 7.80. The molecule has 1 amide bonds. The lowest BCUT2D eigenvalue weighted by molar-refractivity contribution is 0.0759. The molecule has 0 radical (unpaired) electrons. The molecule has 1 aromatic rings. The Hall–Kier alpha value is -1.44. The predicted octanol–water partition coefficient (Wildman–Crippen LogP) is 0.304. The van der Waals surface area contributed by atoms with Crippen LogP contribution < -0.4 is 11.1 Å². The Balaban J connectivity index is 2.45. The molecule has 0 aliphatic carbocycles. The van der Waals surface area contributed by atoms with Gasteiger partial charge >= 0.3 is 0 Å². The summed E-state index contributed by atoms with van der Waals surface area (Å²) in [7, 11) is 1.60. The highest BCUT2D eigenvalue weighted by atomic mass is 35.5. The molecular formula is C10H15ClN4O3. The van der Waals surface area contributed by atoms with Crippen LogP contribution in [0.2, 0.25) is 5.28 Å². The van der Waals surface area contributed by atoms with E-state index in [0.29, 0.717) is 32.2 Å². The van der Waals surface area contributed by atoms with Crippen LogP contribution in [0.25, 0.3) is 0 Å². The van der Waals surface area contributed by atoms with Crippen LogP contribution >= 0.6 is 11.6 Å². The van der Waals surface area contributed by atoms with Crippen LogP contribution in [0, 0.1) is 0 Å². The van der Waals surface area contributed by atoms with Gasteiger partial charge in [-0.2, -0.15) is 4.98 Å². The lowest BCUT2D eigenvalue weighted by Gasteiger charge is -2.09. The Bertz CT molecular complexity index is 403. The number of hydrogen-bond acceptors (Lipinski definition) is 6. The van der Waals surface area contributed by atoms with Crippen molar-refractivity contribution in [2.75, 3.05) is 38.8 Å². The van der Waals surface area contributed by atoms with Gasteiger partial charge < -0.3 is 20.5 Å². The Morgan fingerprint density at radius 1 is 1.50 bits per heavy atom. The minimum absolute atomic E-state index is 0.0443. The molecule has 0 aromatic carbocycles. The predicted molar refractivity (Wildman–Crippen MR) is 66.7 cm³/mol. The fourth-order valence-electron chi connectivity index (χ4n) is 1.16. The zero-order chi connectivity index (χ0) is 13.4. The number of nitrogens with two attached hydrogens (primary N) is 1. The molecule has 100 valence electrons. The quantitative estimate of drug-likeness (QED) is 0.523. The van der Waals surface area contributed by atoms with Gasteiger partial charge in [-0.15, -0.1) is 0 Å². The van der Waals surface area contributed by atoms with E-state index in [4.69, 9.17) is 26.8 Å². The average Bonchev–Trinajstić information content (AvgIpc) is 2.33. The first-order chi connectivity index (χ1) is 8.65. The van der Waals surface area contributed by atoms with Gasteiger partial charge in [-0.05, 0) is 11.6 Å². The van der Waals surface area contributed by atoms with E-state index in [1.165, 1.54) is 6.20 Å². The van der Waals surface area contributed by atoms with Crippen molar-refractivity contribution in [3.05, 3.63) is 17.0 Å². The SMILES string of the molecule is COCCOCCNc1nc(Cl)ncc1C(N)=O. The maximum Gasteiger partial charge on any atom is 0.254 e. The lowest BCUT2D eigenvalue weighted by atomic mass is 10.3. The van der Waals surface area contributed by atoms with E-state index in [1.807, 2.05) is 0 Å². The fourth-order valence-corrected chi connectivity index (χ4v) is 1.29. The van der Waals surface area contributed by atoms with Gasteiger partial charge in [0.1, 0.15) is 5.82 Å². The Kier molecular flexibility index (Phi) is 6.34. The van der Waals surface area contributed by atoms with Crippen molar-refractivity contribution in [1.82, 2.24) is 9.97 Å². The van der Waals surface area contributed by atoms with E-state index in [0.717, 1.165) is 0 Å². The molecule has 8 heteroatoms. The first-order valence-corrected chi connectivity index (χ1v) is 5.66. The van der Waals surface area contributed by atoms with Crippen molar-refractivity contribution in [1.29, 1.82) is 0 Å². The highest BCUT2D eigenvalue weighted by Gasteiger charge is 2.10. The van der Waals surface area contributed by atoms with Crippen LogP contribution in [-0.2, 0) is 9.47 Å². The molecule has 7 nitrogen and oxygen atoms in total. The fraction of sp³-hybridized carbons (Fsp3) is 0.500. The molecule has 0 fully saturated rings. The van der Waals surface area contributed by atoms with E-state index < -0.39 is 5.91 Å². The van der Waals surface area contributed by atoms with E-state index in [9.17, 15) is 4.79 Å². The van der Waals surface area contributed by atoms with Crippen LogP contribution in [0.15, 0.2) is 6.20 Å². The molecule has 0 saturated carbocycles. The number of nitrogens with one attached hydrogen (secondary N) is 1. The van der Waals surface area contributed by atoms with E-state index in [2.05, 4.69) is 15.3 Å². The number of aromatic nitrogens is 2. The Labute approximate surface area is 110 Å². The standard InChI is InChI=1S/C10H15ClN4O3/c1-17-4-5-18-3-2-13-9-7(8(12)16)6-14-10(11)15-9/h6H,2-5H2,1H3,(H2,12,16)(H,13,14,15). The topological polar surface area (TPSA) is 99.4 Å². The van der Waals surface area contributed by atoms with Gasteiger partial charge in [-0.1, -0.05) is 0 Å². The largest absolute Gasteiger partial charge is 0.382 e. The lowest BCUT2D eigenvalue weighted by Crippen LogP contribution is -2.18. The summed E-state index contributed by atoms with van der Waals surface area (Å²) in [5.74, 6) is -0.313. The second-order valence-corrected chi connectivity index (χ2v) is 3.64. The van der Waals surface area contributed by atoms with Gasteiger partial charge in [0, 0.05) is 19.9 Å². The first-order valence-electron chi connectivity index (χ1n) is 5.28. The average molecular weight is 275 g/mol. The molecule has 1 aromatic heterocycles.